The summed E-state index contributed by atoms with van der Waals surface area (Å²) >= 11 is 1.67. The van der Waals surface area contributed by atoms with Crippen LogP contribution in [0.5, 0.6) is 0 Å². The first-order valence-corrected chi connectivity index (χ1v) is 7.51. The van der Waals surface area contributed by atoms with Gasteiger partial charge < -0.3 is 10.1 Å². The third kappa shape index (κ3) is 3.91. The van der Waals surface area contributed by atoms with Gasteiger partial charge in [0.05, 0.1) is 11.4 Å². The van der Waals surface area contributed by atoms with E-state index in [1.165, 1.54) is 0 Å². The first-order chi connectivity index (χ1) is 9.70. The Kier molecular flexibility index (Phi) is 5.31. The van der Waals surface area contributed by atoms with Gasteiger partial charge in [-0.1, -0.05) is 6.07 Å². The molecule has 0 saturated heterocycles. The fourth-order valence-electron chi connectivity index (χ4n) is 1.83. The molecule has 108 valence electrons. The van der Waals surface area contributed by atoms with E-state index in [1.807, 2.05) is 30.0 Å². The summed E-state index contributed by atoms with van der Waals surface area (Å²) in [6, 6.07) is 6.14. The van der Waals surface area contributed by atoms with Gasteiger partial charge in [0, 0.05) is 18.8 Å². The monoisotopic (exact) mass is 293 g/mol. The van der Waals surface area contributed by atoms with Crippen LogP contribution in [0.1, 0.15) is 12.6 Å². The highest BCUT2D eigenvalue weighted by Gasteiger charge is 2.07. The summed E-state index contributed by atoms with van der Waals surface area (Å²) in [6.07, 6.45) is 0. The Hall–Kier alpha value is -1.66. The zero-order valence-corrected chi connectivity index (χ0v) is 12.6. The molecule has 0 aliphatic rings. The molecule has 0 unspecified atom stereocenters. The summed E-state index contributed by atoms with van der Waals surface area (Å²) in [5.74, 6) is -0.0878. The number of carbonyl (C=O) groups is 1. The molecule has 2 aromatic heterocycles. The number of hydrogen-bond donors (Lipinski definition) is 1. The average Bonchev–Trinajstić information content (AvgIpc) is 3.06. The zero-order valence-electron chi connectivity index (χ0n) is 11.8. The summed E-state index contributed by atoms with van der Waals surface area (Å²) in [7, 11) is 0. The van der Waals surface area contributed by atoms with E-state index in [0.717, 1.165) is 16.3 Å². The lowest BCUT2D eigenvalue weighted by Crippen LogP contribution is -2.30. The van der Waals surface area contributed by atoms with Crippen molar-refractivity contribution < 1.29 is 9.53 Å². The summed E-state index contributed by atoms with van der Waals surface area (Å²) in [5.41, 5.74) is 2.07. The molecule has 2 aromatic rings. The zero-order chi connectivity index (χ0) is 14.4. The molecule has 20 heavy (non-hydrogen) atoms. The smallest absolute Gasteiger partial charge is 0.246 e. The van der Waals surface area contributed by atoms with Crippen LogP contribution in [0.4, 0.5) is 0 Å². The van der Waals surface area contributed by atoms with Gasteiger partial charge in [-0.05, 0) is 31.4 Å². The van der Waals surface area contributed by atoms with Crippen LogP contribution in [0.15, 0.2) is 23.6 Å². The van der Waals surface area contributed by atoms with E-state index in [9.17, 15) is 4.79 Å². The Labute approximate surface area is 122 Å². The van der Waals surface area contributed by atoms with Gasteiger partial charge in [-0.25, -0.2) is 0 Å². The van der Waals surface area contributed by atoms with Gasteiger partial charge in [-0.15, -0.1) is 11.3 Å². The third-order valence-corrected chi connectivity index (χ3v) is 3.73. The van der Waals surface area contributed by atoms with Gasteiger partial charge in [0.1, 0.15) is 12.3 Å². The van der Waals surface area contributed by atoms with Crippen molar-refractivity contribution in [2.45, 2.75) is 20.4 Å². The van der Waals surface area contributed by atoms with E-state index >= 15 is 0 Å². The first kappa shape index (κ1) is 14.7. The Morgan fingerprint density at radius 1 is 1.55 bits per heavy atom. The highest BCUT2D eigenvalue weighted by Crippen LogP contribution is 2.23. The number of nitrogens with zero attached hydrogens (tertiary/aromatic N) is 2. The topological polar surface area (TPSA) is 56.1 Å². The fraction of sp³-hybridized carbons (Fsp3) is 0.429. The van der Waals surface area contributed by atoms with Crippen LogP contribution in [-0.4, -0.2) is 35.4 Å². The molecule has 1 N–H and O–H groups in total. The normalized spacial score (nSPS) is 10.7. The molecule has 0 saturated carbocycles. The molecule has 0 aliphatic heterocycles. The van der Waals surface area contributed by atoms with Gasteiger partial charge in [-0.3, -0.25) is 9.48 Å². The SMILES string of the molecule is CCOCC(=O)NCCn1nc(-c2cccs2)cc1C. The molecule has 5 nitrogen and oxygen atoms in total. The first-order valence-electron chi connectivity index (χ1n) is 6.63. The van der Waals surface area contributed by atoms with Gasteiger partial charge >= 0.3 is 0 Å². The second kappa shape index (κ2) is 7.21. The second-order valence-electron chi connectivity index (χ2n) is 4.36. The summed E-state index contributed by atoms with van der Waals surface area (Å²) in [4.78, 5) is 12.6. The predicted molar refractivity (Wildman–Crippen MR) is 79.8 cm³/mol. The summed E-state index contributed by atoms with van der Waals surface area (Å²) in [6.45, 7) is 5.77. The number of hydrogen-bond acceptors (Lipinski definition) is 4. The fourth-order valence-corrected chi connectivity index (χ4v) is 2.51. The van der Waals surface area contributed by atoms with Crippen molar-refractivity contribution in [2.75, 3.05) is 19.8 Å². The van der Waals surface area contributed by atoms with Crippen LogP contribution in [0, 0.1) is 6.92 Å². The van der Waals surface area contributed by atoms with E-state index in [0.29, 0.717) is 19.7 Å². The number of aryl methyl sites for hydroxylation is 1. The van der Waals surface area contributed by atoms with E-state index < -0.39 is 0 Å². The Morgan fingerprint density at radius 2 is 2.40 bits per heavy atom. The number of ether oxygens (including phenoxy) is 1. The number of rotatable bonds is 7. The van der Waals surface area contributed by atoms with Crippen LogP contribution in [-0.2, 0) is 16.1 Å². The highest BCUT2D eigenvalue weighted by molar-refractivity contribution is 7.13. The lowest BCUT2D eigenvalue weighted by molar-refractivity contribution is -0.125. The maximum atomic E-state index is 11.4. The molecular weight excluding hydrogens is 274 g/mol. The number of thiophene rings is 1. The number of nitrogens with one attached hydrogen (secondary N) is 1. The number of amides is 1. The van der Waals surface area contributed by atoms with E-state index in [4.69, 9.17) is 4.74 Å². The van der Waals surface area contributed by atoms with Crippen LogP contribution in [0.2, 0.25) is 0 Å². The van der Waals surface area contributed by atoms with Crippen LogP contribution in [0.25, 0.3) is 10.6 Å². The maximum Gasteiger partial charge on any atom is 0.246 e. The Bertz CT molecular complexity index is 549. The van der Waals surface area contributed by atoms with E-state index in [-0.39, 0.29) is 12.5 Å². The minimum Gasteiger partial charge on any atom is -0.372 e. The molecule has 2 rings (SSSR count). The maximum absolute atomic E-state index is 11.4. The number of carbonyl (C=O) groups excluding carboxylic acids is 1. The molecule has 0 spiro atoms. The minimum absolute atomic E-state index is 0.0878. The van der Waals surface area contributed by atoms with Gasteiger partial charge in [0.2, 0.25) is 5.91 Å². The van der Waals surface area contributed by atoms with Crippen molar-refractivity contribution in [1.29, 1.82) is 0 Å². The highest BCUT2D eigenvalue weighted by atomic mass is 32.1. The molecule has 6 heteroatoms. The van der Waals surface area contributed by atoms with Crippen molar-refractivity contribution in [1.82, 2.24) is 15.1 Å². The van der Waals surface area contributed by atoms with Crippen molar-refractivity contribution in [2.24, 2.45) is 0 Å². The van der Waals surface area contributed by atoms with Gasteiger partial charge in [-0.2, -0.15) is 5.10 Å². The quantitative estimate of drug-likeness (QED) is 0.850. The molecule has 0 bridgehead atoms. The average molecular weight is 293 g/mol. The van der Waals surface area contributed by atoms with Crippen molar-refractivity contribution in [3.63, 3.8) is 0 Å². The number of aromatic nitrogens is 2. The van der Waals surface area contributed by atoms with Gasteiger partial charge in [0.15, 0.2) is 0 Å². The molecule has 0 atom stereocenters. The minimum atomic E-state index is -0.0878. The van der Waals surface area contributed by atoms with Crippen LogP contribution in [0.3, 0.4) is 0 Å². The Balaban J connectivity index is 1.86. The molecule has 0 aliphatic carbocycles. The van der Waals surface area contributed by atoms with Crippen LogP contribution >= 0.6 is 11.3 Å². The van der Waals surface area contributed by atoms with Crippen molar-refractivity contribution in [3.05, 3.63) is 29.3 Å². The summed E-state index contributed by atoms with van der Waals surface area (Å²) < 4.78 is 6.95. The van der Waals surface area contributed by atoms with Gasteiger partial charge in [0.25, 0.3) is 0 Å². The molecule has 0 radical (unpaired) electrons. The molecule has 0 fully saturated rings. The standard InChI is InChI=1S/C14H19N3O2S/c1-3-19-10-14(18)15-6-7-17-11(2)9-12(16-17)13-5-4-8-20-13/h4-5,8-9H,3,6-7,10H2,1-2H3,(H,15,18). The lowest BCUT2D eigenvalue weighted by Gasteiger charge is -2.06. The van der Waals surface area contributed by atoms with Crippen LogP contribution < -0.4 is 5.32 Å². The third-order valence-electron chi connectivity index (χ3n) is 2.84. The molecule has 1 amide bonds. The lowest BCUT2D eigenvalue weighted by atomic mass is 10.3. The molecule has 2 heterocycles. The molecular formula is C14H19N3O2S. The Morgan fingerprint density at radius 3 is 3.10 bits per heavy atom. The van der Waals surface area contributed by atoms with Crippen molar-refractivity contribution >= 4 is 17.2 Å². The molecule has 0 aromatic carbocycles. The largest absolute Gasteiger partial charge is 0.372 e. The predicted octanol–water partition coefficient (Wildman–Crippen LogP) is 2.07. The summed E-state index contributed by atoms with van der Waals surface area (Å²) in [5, 5.41) is 9.41. The van der Waals surface area contributed by atoms with E-state index in [2.05, 4.69) is 22.5 Å². The second-order valence-corrected chi connectivity index (χ2v) is 5.31. The van der Waals surface area contributed by atoms with Crippen molar-refractivity contribution in [3.8, 4) is 10.6 Å². The van der Waals surface area contributed by atoms with E-state index in [1.54, 1.807) is 11.3 Å².